The van der Waals surface area contributed by atoms with Crippen molar-refractivity contribution in [1.29, 1.82) is 0 Å². The molecule has 4 aromatic carbocycles. The maximum Gasteiger partial charge on any atom is 0.308 e. The molecule has 8 heteroatoms. The lowest BCUT2D eigenvalue weighted by Gasteiger charge is -2.36. The van der Waals surface area contributed by atoms with Crippen LogP contribution in [-0.4, -0.2) is 54.6 Å². The number of piperazine rings is 1. The molecular weight excluding hydrogens is 518 g/mol. The number of Topliss-reactive ketones (excluding diaryl/α,β-unsaturated/α-hetero) is 1. The minimum Gasteiger partial charge on any atom is -0.427 e. The SMILES string of the molecule is CC(=O)Oc1ccc(C(=O)CCC(=O)N2CCN(c3ccc(NC(=O)c4ccc5ccccc5c4)cc3)CC2)cc1. The van der Waals surface area contributed by atoms with E-state index in [0.29, 0.717) is 48.7 Å². The molecule has 4 aromatic rings. The van der Waals surface area contributed by atoms with Gasteiger partial charge in [0.15, 0.2) is 5.78 Å². The first-order chi connectivity index (χ1) is 19.9. The Balaban J connectivity index is 1.08. The van der Waals surface area contributed by atoms with Crippen molar-refractivity contribution in [2.75, 3.05) is 36.4 Å². The normalized spacial score (nSPS) is 13.1. The van der Waals surface area contributed by atoms with E-state index in [0.717, 1.165) is 16.5 Å². The molecule has 208 valence electrons. The van der Waals surface area contributed by atoms with Gasteiger partial charge in [0, 0.05) is 68.4 Å². The quantitative estimate of drug-likeness (QED) is 0.181. The molecule has 41 heavy (non-hydrogen) atoms. The highest BCUT2D eigenvalue weighted by molar-refractivity contribution is 6.06. The largest absolute Gasteiger partial charge is 0.427 e. The van der Waals surface area contributed by atoms with Crippen LogP contribution in [0.5, 0.6) is 5.75 Å². The van der Waals surface area contributed by atoms with Gasteiger partial charge in [-0.15, -0.1) is 0 Å². The van der Waals surface area contributed by atoms with Crippen molar-refractivity contribution in [2.45, 2.75) is 19.8 Å². The van der Waals surface area contributed by atoms with Crippen LogP contribution in [0.4, 0.5) is 11.4 Å². The number of ketones is 1. The summed E-state index contributed by atoms with van der Waals surface area (Å²) >= 11 is 0. The van der Waals surface area contributed by atoms with Gasteiger partial charge in [0.25, 0.3) is 5.91 Å². The summed E-state index contributed by atoms with van der Waals surface area (Å²) in [5, 5.41) is 5.07. The number of nitrogens with zero attached hydrogens (tertiary/aromatic N) is 2. The number of hydrogen-bond donors (Lipinski definition) is 1. The summed E-state index contributed by atoms with van der Waals surface area (Å²) in [6, 6.07) is 27.7. The number of rotatable bonds is 8. The second-order valence-electron chi connectivity index (χ2n) is 9.97. The predicted molar refractivity (Wildman–Crippen MR) is 158 cm³/mol. The zero-order valence-corrected chi connectivity index (χ0v) is 22.8. The van der Waals surface area contributed by atoms with Gasteiger partial charge >= 0.3 is 5.97 Å². The standard InChI is InChI=1S/C33H31N3O5/c1-23(37)41-30-14-8-25(9-15-30)31(38)16-17-32(39)36-20-18-35(19-21-36)29-12-10-28(11-13-29)34-33(40)27-7-6-24-4-2-3-5-26(24)22-27/h2-15,22H,16-21H2,1H3,(H,34,40). The smallest absolute Gasteiger partial charge is 0.308 e. The molecular formula is C33H31N3O5. The molecule has 1 fully saturated rings. The number of anilines is 2. The van der Waals surface area contributed by atoms with Crippen LogP contribution in [-0.2, 0) is 9.59 Å². The van der Waals surface area contributed by atoms with E-state index in [2.05, 4.69) is 10.2 Å². The molecule has 1 aliphatic rings. The Hall–Kier alpha value is -4.98. The molecule has 5 rings (SSSR count). The number of benzene rings is 4. The fourth-order valence-electron chi connectivity index (χ4n) is 4.90. The van der Waals surface area contributed by atoms with Gasteiger partial charge in [0.1, 0.15) is 5.75 Å². The van der Waals surface area contributed by atoms with Crippen LogP contribution in [0, 0.1) is 0 Å². The first-order valence-corrected chi connectivity index (χ1v) is 13.6. The highest BCUT2D eigenvalue weighted by Gasteiger charge is 2.22. The fraction of sp³-hybridized carbons (Fsp3) is 0.212. The number of esters is 1. The summed E-state index contributed by atoms with van der Waals surface area (Å²) in [4.78, 5) is 53.1. The number of carbonyl (C=O) groups is 4. The Morgan fingerprint density at radius 1 is 0.732 bits per heavy atom. The number of fused-ring (bicyclic) bond motifs is 1. The lowest BCUT2D eigenvalue weighted by molar-refractivity contribution is -0.132. The molecule has 0 aliphatic carbocycles. The third kappa shape index (κ3) is 6.97. The Morgan fingerprint density at radius 3 is 2.07 bits per heavy atom. The number of ether oxygens (including phenoxy) is 1. The molecule has 0 unspecified atom stereocenters. The summed E-state index contributed by atoms with van der Waals surface area (Å²) in [7, 11) is 0. The topological polar surface area (TPSA) is 96.0 Å². The van der Waals surface area contributed by atoms with E-state index < -0.39 is 5.97 Å². The van der Waals surface area contributed by atoms with Crippen molar-refractivity contribution in [2.24, 2.45) is 0 Å². The Morgan fingerprint density at radius 2 is 1.39 bits per heavy atom. The van der Waals surface area contributed by atoms with Gasteiger partial charge in [-0.1, -0.05) is 30.3 Å². The van der Waals surface area contributed by atoms with Crippen LogP contribution in [0.3, 0.4) is 0 Å². The molecule has 8 nitrogen and oxygen atoms in total. The van der Waals surface area contributed by atoms with E-state index in [9.17, 15) is 19.2 Å². The van der Waals surface area contributed by atoms with Gasteiger partial charge in [0.05, 0.1) is 0 Å². The van der Waals surface area contributed by atoms with Gasteiger partial charge in [-0.05, 0) is 71.4 Å². The van der Waals surface area contributed by atoms with Crippen LogP contribution in [0.25, 0.3) is 10.8 Å². The number of carbonyl (C=O) groups excluding carboxylic acids is 4. The molecule has 0 spiro atoms. The van der Waals surface area contributed by atoms with E-state index in [-0.39, 0.29) is 30.4 Å². The van der Waals surface area contributed by atoms with E-state index in [4.69, 9.17) is 4.74 Å². The highest BCUT2D eigenvalue weighted by atomic mass is 16.5. The molecule has 1 N–H and O–H groups in total. The van der Waals surface area contributed by atoms with Crippen molar-refractivity contribution < 1.29 is 23.9 Å². The summed E-state index contributed by atoms with van der Waals surface area (Å²) in [6.07, 6.45) is 0.272. The third-order valence-electron chi connectivity index (χ3n) is 7.14. The lowest BCUT2D eigenvalue weighted by Crippen LogP contribution is -2.48. The molecule has 0 atom stereocenters. The van der Waals surface area contributed by atoms with E-state index in [1.807, 2.05) is 66.7 Å². The van der Waals surface area contributed by atoms with Gasteiger partial charge in [0.2, 0.25) is 5.91 Å². The Kier molecular flexibility index (Phi) is 8.39. The predicted octanol–water partition coefficient (Wildman–Crippen LogP) is 5.33. The summed E-state index contributed by atoms with van der Waals surface area (Å²) in [5.41, 5.74) is 2.82. The maximum atomic E-state index is 12.8. The first kappa shape index (κ1) is 27.6. The van der Waals surface area contributed by atoms with Gasteiger partial charge in [-0.3, -0.25) is 19.2 Å². The minimum absolute atomic E-state index is 0.0405. The second-order valence-corrected chi connectivity index (χ2v) is 9.97. The average molecular weight is 550 g/mol. The molecule has 2 amide bonds. The van der Waals surface area contributed by atoms with Crippen molar-refractivity contribution in [3.63, 3.8) is 0 Å². The van der Waals surface area contributed by atoms with Gasteiger partial charge in [-0.2, -0.15) is 0 Å². The zero-order valence-electron chi connectivity index (χ0n) is 22.8. The maximum absolute atomic E-state index is 12.8. The van der Waals surface area contributed by atoms with Crippen molar-refractivity contribution >= 4 is 45.7 Å². The molecule has 1 aliphatic heterocycles. The van der Waals surface area contributed by atoms with Gasteiger partial charge in [-0.25, -0.2) is 0 Å². The van der Waals surface area contributed by atoms with Crippen LogP contribution in [0.1, 0.15) is 40.5 Å². The summed E-state index contributed by atoms with van der Waals surface area (Å²) < 4.78 is 4.98. The fourth-order valence-corrected chi connectivity index (χ4v) is 4.90. The Bertz CT molecular complexity index is 1570. The molecule has 0 aromatic heterocycles. The first-order valence-electron chi connectivity index (χ1n) is 13.6. The van der Waals surface area contributed by atoms with Crippen LogP contribution in [0.2, 0.25) is 0 Å². The van der Waals surface area contributed by atoms with Crippen molar-refractivity contribution in [1.82, 2.24) is 4.90 Å². The Labute approximate surface area is 238 Å². The second kappa shape index (κ2) is 12.5. The molecule has 0 saturated carbocycles. The molecule has 1 heterocycles. The minimum atomic E-state index is -0.423. The van der Waals surface area contributed by atoms with Crippen LogP contribution < -0.4 is 15.0 Å². The summed E-state index contributed by atoms with van der Waals surface area (Å²) in [5.74, 6) is -0.370. The van der Waals surface area contributed by atoms with E-state index >= 15 is 0 Å². The van der Waals surface area contributed by atoms with E-state index in [1.54, 1.807) is 29.2 Å². The van der Waals surface area contributed by atoms with Crippen molar-refractivity contribution in [3.8, 4) is 5.75 Å². The van der Waals surface area contributed by atoms with Gasteiger partial charge < -0.3 is 19.9 Å². The lowest BCUT2D eigenvalue weighted by atomic mass is 10.1. The molecule has 0 bridgehead atoms. The molecule has 0 radical (unpaired) electrons. The highest BCUT2D eigenvalue weighted by Crippen LogP contribution is 2.22. The monoisotopic (exact) mass is 549 g/mol. The third-order valence-corrected chi connectivity index (χ3v) is 7.14. The zero-order chi connectivity index (χ0) is 28.8. The number of amides is 2. The van der Waals surface area contributed by atoms with Crippen molar-refractivity contribution in [3.05, 3.63) is 102 Å². The van der Waals surface area contributed by atoms with E-state index in [1.165, 1.54) is 6.92 Å². The number of nitrogens with one attached hydrogen (secondary N) is 1. The van der Waals surface area contributed by atoms with Crippen LogP contribution in [0.15, 0.2) is 91.0 Å². The summed E-state index contributed by atoms with van der Waals surface area (Å²) in [6.45, 7) is 3.82. The average Bonchev–Trinajstić information content (AvgIpc) is 3.00. The molecule has 1 saturated heterocycles. The number of hydrogen-bond acceptors (Lipinski definition) is 6. The van der Waals surface area contributed by atoms with Crippen LogP contribution >= 0.6 is 0 Å².